The lowest BCUT2D eigenvalue weighted by atomic mass is 10.2. The highest BCUT2D eigenvalue weighted by molar-refractivity contribution is 7.99. The number of thioether (sulfide) groups is 1. The zero-order valence-electron chi connectivity index (χ0n) is 9.38. The fourth-order valence-electron chi connectivity index (χ4n) is 1.35. The van der Waals surface area contributed by atoms with Gasteiger partial charge < -0.3 is 15.1 Å². The second-order valence-corrected chi connectivity index (χ2v) is 4.47. The summed E-state index contributed by atoms with van der Waals surface area (Å²) in [6, 6.07) is 5.69. The van der Waals surface area contributed by atoms with Crippen LogP contribution in [-0.4, -0.2) is 45.3 Å². The third kappa shape index (κ3) is 4.62. The molecular weight excluding hydrogens is 261 g/mol. The smallest absolute Gasteiger partial charge is 0.450 e. The number of carboxylic acid groups (broad SMARTS) is 2. The molecule has 1 heterocycles. The maximum absolute atomic E-state index is 12.6. The first-order valence-corrected chi connectivity index (χ1v) is 6.20. The van der Waals surface area contributed by atoms with Gasteiger partial charge in [0.25, 0.3) is 5.91 Å². The number of halogens is 1. The van der Waals surface area contributed by atoms with Gasteiger partial charge in [-0.2, -0.15) is 0 Å². The van der Waals surface area contributed by atoms with Gasteiger partial charge in [0.15, 0.2) is 0 Å². The van der Waals surface area contributed by atoms with Gasteiger partial charge >= 0.3 is 6.16 Å². The van der Waals surface area contributed by atoms with Crippen molar-refractivity contribution in [1.82, 2.24) is 4.90 Å². The van der Waals surface area contributed by atoms with Crippen LogP contribution in [0.5, 0.6) is 0 Å². The van der Waals surface area contributed by atoms with Crippen molar-refractivity contribution in [3.05, 3.63) is 35.6 Å². The largest absolute Gasteiger partial charge is 0.503 e. The molecule has 2 N–H and O–H groups in total. The van der Waals surface area contributed by atoms with Crippen molar-refractivity contribution in [3.8, 4) is 0 Å². The molecule has 7 heteroatoms. The van der Waals surface area contributed by atoms with Crippen molar-refractivity contribution in [1.29, 1.82) is 0 Å². The SMILES string of the molecule is O=C(O)O.O=C(c1ccc(F)cc1)N1CCSC1. The second-order valence-electron chi connectivity index (χ2n) is 3.40. The minimum Gasteiger partial charge on any atom is -0.450 e. The van der Waals surface area contributed by atoms with Crippen LogP contribution in [0.3, 0.4) is 0 Å². The Balaban J connectivity index is 0.000000357. The first-order chi connectivity index (χ1) is 8.50. The predicted octanol–water partition coefficient (Wildman–Crippen LogP) is 2.19. The number of amides is 1. The molecule has 5 nitrogen and oxygen atoms in total. The van der Waals surface area contributed by atoms with Crippen molar-refractivity contribution in [2.24, 2.45) is 0 Å². The Labute approximate surface area is 107 Å². The fourth-order valence-corrected chi connectivity index (χ4v) is 2.29. The van der Waals surface area contributed by atoms with Gasteiger partial charge in [-0.1, -0.05) is 0 Å². The zero-order chi connectivity index (χ0) is 13.5. The molecule has 0 saturated carbocycles. The summed E-state index contributed by atoms with van der Waals surface area (Å²) in [5, 5.41) is 13.9. The Kier molecular flexibility index (Phi) is 5.44. The third-order valence-electron chi connectivity index (χ3n) is 2.13. The maximum Gasteiger partial charge on any atom is 0.503 e. The Bertz CT molecular complexity index is 414. The molecule has 1 aliphatic rings. The van der Waals surface area contributed by atoms with Gasteiger partial charge in [-0.05, 0) is 24.3 Å². The highest BCUT2D eigenvalue weighted by Crippen LogP contribution is 2.16. The number of benzene rings is 1. The van der Waals surface area contributed by atoms with Crippen LogP contribution in [0.15, 0.2) is 24.3 Å². The summed E-state index contributed by atoms with van der Waals surface area (Å²) in [7, 11) is 0. The molecule has 0 atom stereocenters. The summed E-state index contributed by atoms with van der Waals surface area (Å²) >= 11 is 1.74. The normalized spacial score (nSPS) is 13.7. The Morgan fingerprint density at radius 2 is 1.78 bits per heavy atom. The summed E-state index contributed by atoms with van der Waals surface area (Å²) < 4.78 is 12.6. The van der Waals surface area contributed by atoms with E-state index in [0.717, 1.165) is 18.2 Å². The summed E-state index contributed by atoms with van der Waals surface area (Å²) in [4.78, 5) is 22.1. The number of nitrogens with zero attached hydrogens (tertiary/aromatic N) is 1. The lowest BCUT2D eigenvalue weighted by Gasteiger charge is -2.13. The standard InChI is InChI=1S/C10H10FNOS.CH2O3/c11-9-3-1-8(2-4-9)10(13)12-5-6-14-7-12;2-1(3)4/h1-4H,5-7H2;(H2,2,3,4). The Hall–Kier alpha value is -1.76. The van der Waals surface area contributed by atoms with E-state index >= 15 is 0 Å². The van der Waals surface area contributed by atoms with Crippen LogP contribution in [0, 0.1) is 5.82 Å². The number of rotatable bonds is 1. The Morgan fingerprint density at radius 3 is 2.22 bits per heavy atom. The molecule has 18 heavy (non-hydrogen) atoms. The average Bonchev–Trinajstić information content (AvgIpc) is 2.81. The molecule has 0 unspecified atom stereocenters. The van der Waals surface area contributed by atoms with Gasteiger partial charge in [0.1, 0.15) is 5.82 Å². The van der Waals surface area contributed by atoms with Crippen molar-refractivity contribution in [2.75, 3.05) is 18.2 Å². The van der Waals surface area contributed by atoms with Gasteiger partial charge in [-0.25, -0.2) is 9.18 Å². The quantitative estimate of drug-likeness (QED) is 0.820. The van der Waals surface area contributed by atoms with Crippen molar-refractivity contribution < 1.29 is 24.2 Å². The minimum atomic E-state index is -1.83. The molecule has 0 radical (unpaired) electrons. The van der Waals surface area contributed by atoms with Gasteiger partial charge in [0, 0.05) is 17.9 Å². The van der Waals surface area contributed by atoms with Crippen molar-refractivity contribution in [3.63, 3.8) is 0 Å². The first kappa shape index (κ1) is 14.3. The maximum atomic E-state index is 12.6. The van der Waals surface area contributed by atoms with Gasteiger partial charge in [0.05, 0.1) is 5.88 Å². The predicted molar refractivity (Wildman–Crippen MR) is 65.4 cm³/mol. The molecule has 98 valence electrons. The topological polar surface area (TPSA) is 77.8 Å². The molecule has 0 bridgehead atoms. The van der Waals surface area contributed by atoms with E-state index in [-0.39, 0.29) is 11.7 Å². The van der Waals surface area contributed by atoms with E-state index < -0.39 is 6.16 Å². The monoisotopic (exact) mass is 273 g/mol. The molecule has 1 saturated heterocycles. The second kappa shape index (κ2) is 6.85. The Morgan fingerprint density at radius 1 is 1.22 bits per heavy atom. The van der Waals surface area contributed by atoms with Crippen LogP contribution in [0.2, 0.25) is 0 Å². The van der Waals surface area contributed by atoms with Crippen LogP contribution < -0.4 is 0 Å². The summed E-state index contributed by atoms with van der Waals surface area (Å²) in [6.07, 6.45) is -1.83. The third-order valence-corrected chi connectivity index (χ3v) is 3.10. The molecule has 1 aliphatic heterocycles. The van der Waals surface area contributed by atoms with E-state index in [4.69, 9.17) is 15.0 Å². The van der Waals surface area contributed by atoms with Gasteiger partial charge in [0.2, 0.25) is 0 Å². The molecule has 1 fully saturated rings. The van der Waals surface area contributed by atoms with E-state index in [9.17, 15) is 9.18 Å². The van der Waals surface area contributed by atoms with E-state index in [2.05, 4.69) is 0 Å². The van der Waals surface area contributed by atoms with E-state index in [0.29, 0.717) is 5.56 Å². The minimum absolute atomic E-state index is 0.00463. The number of carbonyl (C=O) groups excluding carboxylic acids is 1. The molecule has 0 spiro atoms. The number of carbonyl (C=O) groups is 2. The summed E-state index contributed by atoms with van der Waals surface area (Å²) in [5.41, 5.74) is 0.564. The average molecular weight is 273 g/mol. The molecule has 1 aromatic carbocycles. The zero-order valence-corrected chi connectivity index (χ0v) is 10.2. The molecule has 0 aromatic heterocycles. The molecular formula is C11H12FNO4S. The first-order valence-electron chi connectivity index (χ1n) is 5.05. The number of hydrogen-bond donors (Lipinski definition) is 2. The van der Waals surface area contributed by atoms with E-state index in [1.54, 1.807) is 16.7 Å². The summed E-state index contributed by atoms with van der Waals surface area (Å²) in [5.74, 6) is 1.43. The van der Waals surface area contributed by atoms with Gasteiger partial charge in [-0.15, -0.1) is 11.8 Å². The van der Waals surface area contributed by atoms with Crippen LogP contribution in [0.4, 0.5) is 9.18 Å². The van der Waals surface area contributed by atoms with Crippen molar-refractivity contribution >= 4 is 23.8 Å². The number of hydrogen-bond acceptors (Lipinski definition) is 3. The highest BCUT2D eigenvalue weighted by Gasteiger charge is 2.19. The molecule has 0 aliphatic carbocycles. The van der Waals surface area contributed by atoms with E-state index in [1.807, 2.05) is 0 Å². The van der Waals surface area contributed by atoms with Crippen LogP contribution in [0.25, 0.3) is 0 Å². The fraction of sp³-hybridized carbons (Fsp3) is 0.273. The van der Waals surface area contributed by atoms with Crippen LogP contribution >= 0.6 is 11.8 Å². The highest BCUT2D eigenvalue weighted by atomic mass is 32.2. The van der Waals surface area contributed by atoms with Crippen molar-refractivity contribution in [2.45, 2.75) is 0 Å². The molecule has 1 aromatic rings. The van der Waals surface area contributed by atoms with E-state index in [1.165, 1.54) is 24.3 Å². The van der Waals surface area contributed by atoms with Gasteiger partial charge in [-0.3, -0.25) is 4.79 Å². The summed E-state index contributed by atoms with van der Waals surface area (Å²) in [6.45, 7) is 0.793. The lowest BCUT2D eigenvalue weighted by Crippen LogP contribution is -2.27. The molecule has 1 amide bonds. The van der Waals surface area contributed by atoms with Crippen LogP contribution in [0.1, 0.15) is 10.4 Å². The lowest BCUT2D eigenvalue weighted by molar-refractivity contribution is 0.0802. The van der Waals surface area contributed by atoms with Crippen LogP contribution in [-0.2, 0) is 0 Å². The molecule has 2 rings (SSSR count).